The summed E-state index contributed by atoms with van der Waals surface area (Å²) >= 11 is 6.18. The number of hydroxylamine groups is 2. The fourth-order valence-electron chi connectivity index (χ4n) is 7.84. The third-order valence-electron chi connectivity index (χ3n) is 11.2. The fraction of sp³-hybridized carbons (Fsp3) is 0.341. The second-order valence-corrected chi connectivity index (χ2v) is 21.1. The molecule has 6 N–H and O–H groups in total. The van der Waals surface area contributed by atoms with Gasteiger partial charge in [-0.05, 0) is 109 Å². The van der Waals surface area contributed by atoms with E-state index < -0.39 is 35.5 Å². The van der Waals surface area contributed by atoms with Crippen LogP contribution in [0.4, 0.5) is 17.1 Å². The van der Waals surface area contributed by atoms with Crippen LogP contribution in [0.2, 0.25) is 5.02 Å². The summed E-state index contributed by atoms with van der Waals surface area (Å²) in [6.07, 6.45) is 5.32. The van der Waals surface area contributed by atoms with Gasteiger partial charge in [0.1, 0.15) is 18.5 Å². The van der Waals surface area contributed by atoms with Crippen LogP contribution < -0.4 is 30.2 Å². The van der Waals surface area contributed by atoms with Crippen LogP contribution in [-0.4, -0.2) is 77.7 Å². The number of fused-ring (bicyclic) bond motifs is 1. The van der Waals surface area contributed by atoms with E-state index in [-0.39, 0.29) is 52.1 Å². The number of quaternary nitrogens is 1. The minimum atomic E-state index is -4.59. The number of rotatable bonds is 16. The van der Waals surface area contributed by atoms with Crippen LogP contribution in [0.1, 0.15) is 55.5 Å². The summed E-state index contributed by atoms with van der Waals surface area (Å²) in [5.74, 6) is -0.632. The summed E-state index contributed by atoms with van der Waals surface area (Å²) in [5.41, 5.74) is 5.36. The molecule has 324 valence electrons. The number of ether oxygens (including phenoxy) is 1. The van der Waals surface area contributed by atoms with Crippen LogP contribution in [-0.2, 0) is 19.9 Å². The van der Waals surface area contributed by atoms with Gasteiger partial charge >= 0.3 is 0 Å². The van der Waals surface area contributed by atoms with Crippen molar-refractivity contribution in [1.82, 2.24) is 19.8 Å². The van der Waals surface area contributed by atoms with Gasteiger partial charge in [-0.25, -0.2) is 26.8 Å². The van der Waals surface area contributed by atoms with E-state index in [1.807, 2.05) is 24.3 Å². The van der Waals surface area contributed by atoms with Crippen molar-refractivity contribution in [2.45, 2.75) is 44.4 Å². The van der Waals surface area contributed by atoms with Crippen LogP contribution >= 0.6 is 11.6 Å². The lowest BCUT2D eigenvalue weighted by atomic mass is 9.72. The molecule has 1 aliphatic heterocycles. The zero-order valence-corrected chi connectivity index (χ0v) is 36.6. The number of benzene rings is 4. The van der Waals surface area contributed by atoms with Crippen molar-refractivity contribution in [2.75, 3.05) is 55.4 Å². The molecule has 0 spiro atoms. The predicted molar refractivity (Wildman–Crippen MR) is 241 cm³/mol. The summed E-state index contributed by atoms with van der Waals surface area (Å²) in [5, 5.41) is 34.7. The van der Waals surface area contributed by atoms with E-state index in [0.717, 1.165) is 49.8 Å². The van der Waals surface area contributed by atoms with Crippen molar-refractivity contribution in [3.63, 3.8) is 0 Å². The normalized spacial score (nSPS) is 18.4. The van der Waals surface area contributed by atoms with Gasteiger partial charge in [-0.3, -0.25) is 4.79 Å². The molecule has 1 amide bonds. The Morgan fingerprint density at radius 1 is 1.02 bits per heavy atom. The number of sulfone groups is 1. The van der Waals surface area contributed by atoms with Crippen LogP contribution in [0, 0.1) is 16.5 Å². The third kappa shape index (κ3) is 11.1. The number of sulfonamides is 1. The molecule has 0 saturated carbocycles. The molecule has 4 aromatic carbocycles. The van der Waals surface area contributed by atoms with Gasteiger partial charge in [0.2, 0.25) is 0 Å². The van der Waals surface area contributed by atoms with Crippen LogP contribution in [0.3, 0.4) is 0 Å². The number of carbonyl (C=O) groups excluding carboxylic acids is 1. The molecule has 1 saturated heterocycles. The van der Waals surface area contributed by atoms with Gasteiger partial charge in [0, 0.05) is 66.1 Å². The maximum Gasteiger partial charge on any atom is 0.268 e. The van der Waals surface area contributed by atoms with Crippen molar-refractivity contribution in [2.24, 2.45) is 11.3 Å². The van der Waals surface area contributed by atoms with E-state index in [0.29, 0.717) is 36.0 Å². The first-order valence-electron chi connectivity index (χ1n) is 20.1. The van der Waals surface area contributed by atoms with Gasteiger partial charge in [0.05, 0.1) is 27.7 Å². The number of carbonyl (C=O) groups is 1. The number of nitrogens with one attached hydrogen (secondary N) is 5. The lowest BCUT2D eigenvalue weighted by molar-refractivity contribution is -0.00401. The summed E-state index contributed by atoms with van der Waals surface area (Å²) in [4.78, 5) is 14.5. The van der Waals surface area contributed by atoms with Crippen LogP contribution in [0.15, 0.2) is 102 Å². The number of amides is 1. The largest absolute Gasteiger partial charge is 0.593 e. The Hall–Kier alpha value is -4.94. The van der Waals surface area contributed by atoms with Crippen molar-refractivity contribution in [1.29, 1.82) is 0 Å². The van der Waals surface area contributed by atoms with Crippen molar-refractivity contribution in [3.05, 3.63) is 118 Å². The molecule has 5 aromatic rings. The number of hydrogen-bond donors (Lipinski definition) is 6. The zero-order chi connectivity index (χ0) is 43.6. The Bertz CT molecular complexity index is 2680. The molecule has 1 aromatic heterocycles. The van der Waals surface area contributed by atoms with Crippen molar-refractivity contribution in [3.8, 4) is 11.5 Å². The molecule has 14 nitrogen and oxygen atoms in total. The molecule has 0 radical (unpaired) electrons. The number of anilines is 2. The molecule has 2 atom stereocenters. The van der Waals surface area contributed by atoms with Gasteiger partial charge in [0.25, 0.3) is 15.9 Å². The van der Waals surface area contributed by atoms with Gasteiger partial charge < -0.3 is 30.9 Å². The average Bonchev–Trinajstić information content (AvgIpc) is 3.82. The Balaban J connectivity index is 1.06. The highest BCUT2D eigenvalue weighted by Gasteiger charge is 2.31. The molecule has 1 aliphatic carbocycles. The number of nitrogens with zero attached hydrogens (tertiary/aromatic N) is 1. The van der Waals surface area contributed by atoms with Crippen LogP contribution in [0.25, 0.3) is 16.5 Å². The minimum absolute atomic E-state index is 0.0122. The summed E-state index contributed by atoms with van der Waals surface area (Å²) in [6, 6.07) is 23.5. The van der Waals surface area contributed by atoms with Gasteiger partial charge in [-0.2, -0.15) is 4.81 Å². The summed E-state index contributed by atoms with van der Waals surface area (Å²) < 4.78 is 59.5. The van der Waals surface area contributed by atoms with E-state index in [1.165, 1.54) is 34.9 Å². The lowest BCUT2D eigenvalue weighted by Gasteiger charge is -2.34. The second kappa shape index (κ2) is 17.8. The Morgan fingerprint density at radius 3 is 2.54 bits per heavy atom. The number of allylic oxidation sites excluding steroid dienone is 1. The first-order chi connectivity index (χ1) is 28.8. The van der Waals surface area contributed by atoms with E-state index in [9.17, 15) is 32.0 Å². The first-order valence-corrected chi connectivity index (χ1v) is 23.8. The van der Waals surface area contributed by atoms with Gasteiger partial charge in [0.15, 0.2) is 15.5 Å². The highest BCUT2D eigenvalue weighted by Crippen LogP contribution is 2.43. The lowest BCUT2D eigenvalue weighted by Crippen LogP contribution is -2.35. The quantitative estimate of drug-likeness (QED) is 0.0318. The molecule has 0 bridgehead atoms. The monoisotopic (exact) mass is 890 g/mol. The van der Waals surface area contributed by atoms with Crippen molar-refractivity contribution < 1.29 is 31.6 Å². The minimum Gasteiger partial charge on any atom is -0.593 e. The predicted octanol–water partition coefficient (Wildman–Crippen LogP) is 8.07. The molecule has 2 heterocycles. The molecule has 2 unspecified atom stereocenters. The Kier molecular flexibility index (Phi) is 12.9. The topological polar surface area (TPSA) is 202 Å². The Labute approximate surface area is 361 Å². The highest BCUT2D eigenvalue weighted by molar-refractivity contribution is 7.91. The molecule has 1 fully saturated rings. The van der Waals surface area contributed by atoms with Gasteiger partial charge in [-0.1, -0.05) is 43.2 Å². The maximum atomic E-state index is 13.8. The van der Waals surface area contributed by atoms with E-state index in [2.05, 4.69) is 51.6 Å². The van der Waals surface area contributed by atoms with Crippen LogP contribution in [0.5, 0.6) is 11.5 Å². The standard InChI is InChI=1S/C44H51ClN6O8S2/c1-44(2)17-14-32(38(25-44)30-4-6-33(45)7-5-30)27-46-19-20-47-34-8-11-37(42(23-34)59-35-9-12-39-31(22-35)15-18-48-39)43(52)50-61(57,58)36-10-13-40(41(24-36)51(3,53)54)49-26-29-16-21-60(55,56)28-29/h4-13,15,18,22-24,29,46-49,53H,14,16-17,19-21,25-28H2,1-3H3,(H,50,52). The van der Waals surface area contributed by atoms with E-state index >= 15 is 0 Å². The number of hydrogen-bond acceptors (Lipinski definition) is 11. The third-order valence-corrected chi connectivity index (χ3v) is 14.6. The molecule has 7 rings (SSSR count). The smallest absolute Gasteiger partial charge is 0.268 e. The maximum absolute atomic E-state index is 13.8. The summed E-state index contributed by atoms with van der Waals surface area (Å²) in [7, 11) is -6.84. The average molecular weight is 892 g/mol. The highest BCUT2D eigenvalue weighted by atomic mass is 35.5. The number of H-pyrrole nitrogens is 1. The summed E-state index contributed by atoms with van der Waals surface area (Å²) in [6.45, 7) is 6.70. The molecule has 2 aliphatic rings. The molecular weight excluding hydrogens is 840 g/mol. The Morgan fingerprint density at radius 2 is 1.80 bits per heavy atom. The fourth-order valence-corrected chi connectivity index (χ4v) is 10.8. The number of halogens is 1. The zero-order valence-electron chi connectivity index (χ0n) is 34.3. The first kappa shape index (κ1) is 44.1. The van der Waals surface area contributed by atoms with E-state index in [4.69, 9.17) is 16.3 Å². The molecule has 17 heteroatoms. The number of aromatic nitrogens is 1. The SMILES string of the molecule is CC1(C)CCC(CNCCNc2ccc(C(=O)NS(=O)(=O)c3ccc(NCC4CCS(=O)(=O)C4)c([N+](C)([O-])O)c3)c(Oc3ccc4[nH]ccc4c3)c2)=C(c2ccc(Cl)cc2)C1. The van der Waals surface area contributed by atoms with E-state index in [1.54, 1.807) is 30.5 Å². The number of aromatic amines is 1. The second-order valence-electron chi connectivity index (χ2n) is 16.7. The molecular formula is C44H51ClN6O8S2. The van der Waals surface area contributed by atoms with Crippen molar-refractivity contribution >= 4 is 70.9 Å². The molecule has 61 heavy (non-hydrogen) atoms. The van der Waals surface area contributed by atoms with Gasteiger partial charge in [-0.15, -0.1) is 0 Å².